The lowest BCUT2D eigenvalue weighted by molar-refractivity contribution is -0.122. The molecule has 136 valence electrons. The number of hydrogen-bond donors (Lipinski definition) is 3. The molecule has 0 aliphatic rings. The third kappa shape index (κ3) is 5.94. The van der Waals surface area contributed by atoms with E-state index in [4.69, 9.17) is 4.74 Å². The molecule has 0 unspecified atom stereocenters. The van der Waals surface area contributed by atoms with E-state index >= 15 is 0 Å². The number of imide groups is 1. The molecule has 0 radical (unpaired) electrons. The van der Waals surface area contributed by atoms with Crippen molar-refractivity contribution >= 4 is 29.2 Å². The van der Waals surface area contributed by atoms with E-state index in [2.05, 4.69) is 16.0 Å². The number of carbonyl (C=O) groups is 3. The Morgan fingerprint density at radius 2 is 1.65 bits per heavy atom. The number of urea groups is 1. The topological polar surface area (TPSA) is 96.5 Å². The van der Waals surface area contributed by atoms with Gasteiger partial charge in [-0.05, 0) is 49.7 Å². The first kappa shape index (κ1) is 19.0. The zero-order valence-electron chi connectivity index (χ0n) is 14.9. The maximum absolute atomic E-state index is 11.9. The molecule has 7 heteroatoms. The first-order chi connectivity index (χ1) is 12.3. The average Bonchev–Trinajstić information content (AvgIpc) is 2.56. The molecule has 0 aliphatic carbocycles. The molecule has 0 heterocycles. The highest BCUT2D eigenvalue weighted by Gasteiger charge is 2.10. The molecule has 26 heavy (non-hydrogen) atoms. The summed E-state index contributed by atoms with van der Waals surface area (Å²) >= 11 is 0. The van der Waals surface area contributed by atoms with Gasteiger partial charge in [0.2, 0.25) is 5.91 Å². The Morgan fingerprint density at radius 1 is 0.962 bits per heavy atom. The van der Waals surface area contributed by atoms with Gasteiger partial charge in [0.15, 0.2) is 6.61 Å². The normalized spacial score (nSPS) is 9.96. The van der Waals surface area contributed by atoms with Gasteiger partial charge in [-0.2, -0.15) is 0 Å². The summed E-state index contributed by atoms with van der Waals surface area (Å²) in [6.45, 7) is 4.94. The Balaban J connectivity index is 1.80. The number of aryl methyl sites for hydroxylation is 2. The van der Waals surface area contributed by atoms with Crippen LogP contribution in [0.25, 0.3) is 0 Å². The second-order valence-corrected chi connectivity index (χ2v) is 5.81. The lowest BCUT2D eigenvalue weighted by Crippen LogP contribution is -2.37. The Bertz CT molecular complexity index is 816. The van der Waals surface area contributed by atoms with Gasteiger partial charge in [-0.15, -0.1) is 0 Å². The summed E-state index contributed by atoms with van der Waals surface area (Å²) in [6.07, 6.45) is 0. The minimum atomic E-state index is -0.619. The average molecular weight is 355 g/mol. The van der Waals surface area contributed by atoms with E-state index in [1.54, 1.807) is 30.3 Å². The molecule has 0 spiro atoms. The van der Waals surface area contributed by atoms with E-state index in [9.17, 15) is 14.4 Å². The summed E-state index contributed by atoms with van der Waals surface area (Å²) in [7, 11) is 0. The zero-order valence-corrected chi connectivity index (χ0v) is 14.9. The van der Waals surface area contributed by atoms with Crippen molar-refractivity contribution in [3.8, 4) is 5.75 Å². The van der Waals surface area contributed by atoms with Gasteiger partial charge in [0.1, 0.15) is 5.75 Å². The highest BCUT2D eigenvalue weighted by Crippen LogP contribution is 2.16. The van der Waals surface area contributed by atoms with Crippen LogP contribution in [0.5, 0.6) is 5.75 Å². The summed E-state index contributed by atoms with van der Waals surface area (Å²) in [6, 6.07) is 11.5. The molecule has 2 rings (SSSR count). The number of rotatable bonds is 5. The Kier molecular flexibility index (Phi) is 6.32. The molecule has 0 fully saturated rings. The number of carbonyl (C=O) groups excluding carboxylic acids is 3. The fourth-order valence-electron chi connectivity index (χ4n) is 2.26. The second kappa shape index (κ2) is 8.66. The predicted octanol–water partition coefficient (Wildman–Crippen LogP) is 2.99. The van der Waals surface area contributed by atoms with Crippen molar-refractivity contribution in [3.05, 3.63) is 53.6 Å². The minimum Gasteiger partial charge on any atom is -0.484 e. The molecule has 7 nitrogen and oxygen atoms in total. The van der Waals surface area contributed by atoms with Gasteiger partial charge in [0, 0.05) is 18.3 Å². The van der Waals surface area contributed by atoms with E-state index in [-0.39, 0.29) is 12.5 Å². The van der Waals surface area contributed by atoms with Gasteiger partial charge < -0.3 is 15.4 Å². The quantitative estimate of drug-likeness (QED) is 0.768. The molecule has 2 aromatic carbocycles. The minimum absolute atomic E-state index is 0.173. The number of amides is 4. The van der Waals surface area contributed by atoms with Crippen LogP contribution in [0.15, 0.2) is 42.5 Å². The van der Waals surface area contributed by atoms with Gasteiger partial charge in [0.25, 0.3) is 5.91 Å². The van der Waals surface area contributed by atoms with E-state index in [1.807, 2.05) is 26.0 Å². The van der Waals surface area contributed by atoms with Crippen molar-refractivity contribution in [3.63, 3.8) is 0 Å². The Morgan fingerprint density at radius 3 is 2.27 bits per heavy atom. The first-order valence-corrected chi connectivity index (χ1v) is 8.02. The van der Waals surface area contributed by atoms with Crippen LogP contribution in [-0.2, 0) is 9.59 Å². The number of hydrogen-bond acceptors (Lipinski definition) is 4. The van der Waals surface area contributed by atoms with Gasteiger partial charge in [-0.3, -0.25) is 14.9 Å². The predicted molar refractivity (Wildman–Crippen MR) is 99.3 cm³/mol. The van der Waals surface area contributed by atoms with E-state index in [1.165, 1.54) is 6.92 Å². The summed E-state index contributed by atoms with van der Waals surface area (Å²) in [5, 5.41) is 7.46. The van der Waals surface area contributed by atoms with Crippen LogP contribution in [0.3, 0.4) is 0 Å². The maximum atomic E-state index is 11.9. The number of anilines is 2. The van der Waals surface area contributed by atoms with Crippen LogP contribution < -0.4 is 20.7 Å². The number of nitrogens with one attached hydrogen (secondary N) is 3. The molecule has 3 N–H and O–H groups in total. The van der Waals surface area contributed by atoms with Crippen molar-refractivity contribution < 1.29 is 19.1 Å². The summed E-state index contributed by atoms with van der Waals surface area (Å²) in [5.41, 5.74) is 3.25. The smallest absolute Gasteiger partial charge is 0.325 e. The van der Waals surface area contributed by atoms with E-state index < -0.39 is 11.9 Å². The van der Waals surface area contributed by atoms with Crippen LogP contribution in [0.2, 0.25) is 0 Å². The highest BCUT2D eigenvalue weighted by molar-refractivity contribution is 6.01. The Labute approximate surface area is 151 Å². The Hall–Kier alpha value is -3.35. The van der Waals surface area contributed by atoms with Crippen molar-refractivity contribution in [1.29, 1.82) is 0 Å². The molecule has 0 saturated carbocycles. The largest absolute Gasteiger partial charge is 0.484 e. The van der Waals surface area contributed by atoms with Crippen LogP contribution in [0.1, 0.15) is 18.1 Å². The SMILES string of the molecule is CC(=O)Nc1ccc(OCC(=O)NC(=O)Nc2ccc(C)cc2C)cc1. The fourth-order valence-corrected chi connectivity index (χ4v) is 2.26. The lowest BCUT2D eigenvalue weighted by atomic mass is 10.1. The second-order valence-electron chi connectivity index (χ2n) is 5.81. The van der Waals surface area contributed by atoms with Crippen molar-refractivity contribution in [2.24, 2.45) is 0 Å². The van der Waals surface area contributed by atoms with Crippen LogP contribution in [0.4, 0.5) is 16.2 Å². The molecule has 0 bridgehead atoms. The third-order valence-electron chi connectivity index (χ3n) is 3.43. The van der Waals surface area contributed by atoms with Gasteiger partial charge >= 0.3 is 6.03 Å². The van der Waals surface area contributed by atoms with E-state index in [0.717, 1.165) is 11.1 Å². The van der Waals surface area contributed by atoms with E-state index in [0.29, 0.717) is 17.1 Å². The molecule has 4 amide bonds. The zero-order chi connectivity index (χ0) is 19.1. The van der Waals surface area contributed by atoms with Crippen LogP contribution >= 0.6 is 0 Å². The molecule has 0 atom stereocenters. The van der Waals surface area contributed by atoms with Gasteiger partial charge in [0.05, 0.1) is 0 Å². The molecular formula is C19H21N3O4. The summed E-state index contributed by atoms with van der Waals surface area (Å²) < 4.78 is 5.31. The molecular weight excluding hydrogens is 334 g/mol. The molecule has 0 saturated heterocycles. The van der Waals surface area contributed by atoms with Crippen molar-refractivity contribution in [2.75, 3.05) is 17.2 Å². The van der Waals surface area contributed by atoms with Crippen LogP contribution in [-0.4, -0.2) is 24.5 Å². The van der Waals surface area contributed by atoms with Gasteiger partial charge in [-0.1, -0.05) is 17.7 Å². The number of ether oxygens (including phenoxy) is 1. The molecule has 0 aliphatic heterocycles. The summed E-state index contributed by atoms with van der Waals surface area (Å²) in [4.78, 5) is 34.6. The van der Waals surface area contributed by atoms with Crippen molar-refractivity contribution in [2.45, 2.75) is 20.8 Å². The van der Waals surface area contributed by atoms with Crippen LogP contribution in [0, 0.1) is 13.8 Å². The summed E-state index contributed by atoms with van der Waals surface area (Å²) in [5.74, 6) is -0.296. The first-order valence-electron chi connectivity index (χ1n) is 8.02. The third-order valence-corrected chi connectivity index (χ3v) is 3.43. The molecule has 0 aromatic heterocycles. The van der Waals surface area contributed by atoms with Crippen molar-refractivity contribution in [1.82, 2.24) is 5.32 Å². The van der Waals surface area contributed by atoms with Gasteiger partial charge in [-0.25, -0.2) is 4.79 Å². The molecule has 2 aromatic rings. The monoisotopic (exact) mass is 355 g/mol. The fraction of sp³-hybridized carbons (Fsp3) is 0.211. The number of benzene rings is 2. The highest BCUT2D eigenvalue weighted by atomic mass is 16.5. The maximum Gasteiger partial charge on any atom is 0.325 e. The standard InChI is InChI=1S/C19H21N3O4/c1-12-4-9-17(13(2)10-12)21-19(25)22-18(24)11-26-16-7-5-15(6-8-16)20-14(3)23/h4-10H,11H2,1-3H3,(H,20,23)(H2,21,22,24,25). The lowest BCUT2D eigenvalue weighted by Gasteiger charge is -2.10.